The summed E-state index contributed by atoms with van der Waals surface area (Å²) in [5, 5.41) is 29.6. The van der Waals surface area contributed by atoms with Gasteiger partial charge in [0.05, 0.1) is 18.7 Å². The molecule has 0 atom stereocenters. The second-order valence-corrected chi connectivity index (χ2v) is 14.4. The van der Waals surface area contributed by atoms with Crippen LogP contribution in [0.5, 0.6) is 5.75 Å². The number of hydrogen-bond donors (Lipinski definition) is 3. The molecule has 0 heterocycles. The van der Waals surface area contributed by atoms with Gasteiger partial charge in [-0.25, -0.2) is 30.4 Å². The number of alkyl halides is 3. The SMILES string of the molecule is O=C(CN(Cc1ccccc1C(F)(F)F)S(=O)(=O)c1c(F)c(F)c(F)c(F)c1F)N(Cc1ccc(C2CCCCC2)cc1)c1ccc(C(O)O)c(O)c1. The minimum Gasteiger partial charge on any atom is -0.507 e. The van der Waals surface area contributed by atoms with E-state index in [1.807, 2.05) is 12.1 Å². The lowest BCUT2D eigenvalue weighted by Gasteiger charge is -2.29. The van der Waals surface area contributed by atoms with E-state index in [1.165, 1.54) is 0 Å². The maximum absolute atomic E-state index is 15.0. The standard InChI is InChI=1S/C36H32F8N2O6S/c37-29-30(38)32(40)34(33(41)31(29)39)53(51,52)45(18-23-8-4-5-9-26(23)36(42,43)44)19-28(48)46(24-14-15-25(35(49)50)27(47)16-24)17-20-10-12-22(13-11-20)21-6-2-1-3-7-21/h4-5,8-16,21,35,47,49-50H,1-3,6-7,17-19H2. The van der Waals surface area contributed by atoms with Crippen molar-refractivity contribution in [2.45, 2.75) is 68.5 Å². The molecular formula is C36H32F8N2O6S. The molecule has 1 fully saturated rings. The Morgan fingerprint density at radius 2 is 1.38 bits per heavy atom. The fourth-order valence-corrected chi connectivity index (χ4v) is 7.76. The number of nitrogens with zero attached hydrogens (tertiary/aromatic N) is 2. The highest BCUT2D eigenvalue weighted by atomic mass is 32.2. The molecule has 1 saturated carbocycles. The van der Waals surface area contributed by atoms with Gasteiger partial charge in [-0.15, -0.1) is 0 Å². The Morgan fingerprint density at radius 3 is 1.94 bits per heavy atom. The number of anilines is 1. The smallest absolute Gasteiger partial charge is 0.416 e. The van der Waals surface area contributed by atoms with Gasteiger partial charge in [-0.1, -0.05) is 61.7 Å². The molecule has 1 aliphatic rings. The number of carbonyl (C=O) groups excluding carboxylic acids is 1. The van der Waals surface area contributed by atoms with Crippen LogP contribution in [-0.4, -0.2) is 40.5 Å². The molecule has 3 N–H and O–H groups in total. The highest BCUT2D eigenvalue weighted by molar-refractivity contribution is 7.89. The fourth-order valence-electron chi connectivity index (χ4n) is 6.28. The lowest BCUT2D eigenvalue weighted by atomic mass is 9.84. The van der Waals surface area contributed by atoms with Crippen molar-refractivity contribution < 1.29 is 63.7 Å². The highest BCUT2D eigenvalue weighted by Gasteiger charge is 2.40. The third kappa shape index (κ3) is 8.48. The number of amides is 1. The maximum atomic E-state index is 15.0. The van der Waals surface area contributed by atoms with Crippen LogP contribution < -0.4 is 4.90 Å². The first-order valence-electron chi connectivity index (χ1n) is 16.2. The zero-order valence-corrected chi connectivity index (χ0v) is 28.4. The Hall–Kier alpha value is -4.58. The van der Waals surface area contributed by atoms with E-state index in [1.54, 1.807) is 12.1 Å². The minimum absolute atomic E-state index is 0.150. The molecule has 0 unspecified atom stereocenters. The molecule has 284 valence electrons. The van der Waals surface area contributed by atoms with Gasteiger partial charge in [0.2, 0.25) is 21.7 Å². The molecule has 5 rings (SSSR count). The zero-order chi connectivity index (χ0) is 38.8. The lowest BCUT2D eigenvalue weighted by molar-refractivity contribution is -0.138. The van der Waals surface area contributed by atoms with Gasteiger partial charge < -0.3 is 20.2 Å². The first-order chi connectivity index (χ1) is 24.9. The van der Waals surface area contributed by atoms with Crippen molar-refractivity contribution in [2.24, 2.45) is 0 Å². The van der Waals surface area contributed by atoms with Crippen molar-refractivity contribution in [3.05, 3.63) is 124 Å². The molecule has 0 spiro atoms. The number of phenolic OH excluding ortho intramolecular Hbond substituents is 1. The van der Waals surface area contributed by atoms with Crippen LogP contribution >= 0.6 is 0 Å². The van der Waals surface area contributed by atoms with Crippen molar-refractivity contribution in [3.8, 4) is 5.75 Å². The van der Waals surface area contributed by atoms with Crippen molar-refractivity contribution >= 4 is 21.6 Å². The fraction of sp³-hybridized carbons (Fsp3) is 0.306. The molecule has 4 aromatic carbocycles. The predicted octanol–water partition coefficient (Wildman–Crippen LogP) is 7.56. The van der Waals surface area contributed by atoms with Gasteiger partial charge in [0.25, 0.3) is 0 Å². The predicted molar refractivity (Wildman–Crippen MR) is 174 cm³/mol. The number of aliphatic hydroxyl groups excluding tert-OH is 1. The van der Waals surface area contributed by atoms with Crippen molar-refractivity contribution in [2.75, 3.05) is 11.4 Å². The molecule has 1 amide bonds. The number of carbonyl (C=O) groups is 1. The summed E-state index contributed by atoms with van der Waals surface area (Å²) in [6.07, 6.45) is -2.11. The number of hydrogen-bond acceptors (Lipinski definition) is 6. The summed E-state index contributed by atoms with van der Waals surface area (Å²) >= 11 is 0. The molecule has 0 radical (unpaired) electrons. The van der Waals surface area contributed by atoms with Crippen LogP contribution in [0.3, 0.4) is 0 Å². The van der Waals surface area contributed by atoms with Crippen LogP contribution in [0.1, 0.15) is 72.1 Å². The van der Waals surface area contributed by atoms with Gasteiger partial charge in [0.1, 0.15) is 5.75 Å². The van der Waals surface area contributed by atoms with Crippen molar-refractivity contribution in [3.63, 3.8) is 0 Å². The number of aromatic hydroxyl groups is 1. The number of aliphatic hydroxyl groups is 2. The maximum Gasteiger partial charge on any atom is 0.416 e. The summed E-state index contributed by atoms with van der Waals surface area (Å²) in [6.45, 7) is -3.33. The van der Waals surface area contributed by atoms with Gasteiger partial charge in [0, 0.05) is 23.9 Å². The minimum atomic E-state index is -6.01. The van der Waals surface area contributed by atoms with E-state index in [-0.39, 0.29) is 16.5 Å². The van der Waals surface area contributed by atoms with Crippen LogP contribution in [0.2, 0.25) is 0 Å². The molecule has 4 aromatic rings. The molecule has 0 bridgehead atoms. The van der Waals surface area contributed by atoms with E-state index in [4.69, 9.17) is 0 Å². The topological polar surface area (TPSA) is 118 Å². The van der Waals surface area contributed by atoms with Gasteiger partial charge in [0.15, 0.2) is 34.5 Å². The summed E-state index contributed by atoms with van der Waals surface area (Å²) in [5.41, 5.74) is -1.38. The first kappa shape index (κ1) is 39.6. The number of phenols is 1. The largest absolute Gasteiger partial charge is 0.507 e. The Labute approximate surface area is 298 Å². The van der Waals surface area contributed by atoms with E-state index < -0.39 is 97.9 Å². The van der Waals surface area contributed by atoms with Gasteiger partial charge in [-0.2, -0.15) is 17.5 Å². The van der Waals surface area contributed by atoms with E-state index >= 15 is 0 Å². The van der Waals surface area contributed by atoms with E-state index in [0.29, 0.717) is 17.5 Å². The zero-order valence-electron chi connectivity index (χ0n) is 27.6. The summed E-state index contributed by atoms with van der Waals surface area (Å²) in [7, 11) is -6.01. The average Bonchev–Trinajstić information content (AvgIpc) is 3.12. The van der Waals surface area contributed by atoms with Crippen LogP contribution in [-0.2, 0) is 34.1 Å². The summed E-state index contributed by atoms with van der Waals surface area (Å²) in [4.78, 5) is 12.6. The Kier molecular flexibility index (Phi) is 11.8. The molecule has 17 heteroatoms. The molecular weight excluding hydrogens is 740 g/mol. The lowest BCUT2D eigenvalue weighted by Crippen LogP contribution is -2.43. The van der Waals surface area contributed by atoms with Gasteiger partial charge in [-0.05, 0) is 53.6 Å². The Morgan fingerprint density at radius 1 is 0.792 bits per heavy atom. The highest BCUT2D eigenvalue weighted by Crippen LogP contribution is 2.36. The molecule has 1 aliphatic carbocycles. The number of halogens is 8. The third-order valence-corrected chi connectivity index (χ3v) is 10.9. The van der Waals surface area contributed by atoms with Crippen LogP contribution in [0.15, 0.2) is 71.6 Å². The summed E-state index contributed by atoms with van der Waals surface area (Å²) in [5.74, 6) is -15.3. The molecule has 0 aromatic heterocycles. The van der Waals surface area contributed by atoms with Gasteiger partial charge in [-0.3, -0.25) is 4.79 Å². The monoisotopic (exact) mass is 772 g/mol. The van der Waals surface area contributed by atoms with E-state index in [0.717, 1.165) is 79.0 Å². The Bertz CT molecular complexity index is 2060. The summed E-state index contributed by atoms with van der Waals surface area (Å²) < 4.78 is 142. The molecule has 0 saturated heterocycles. The second-order valence-electron chi connectivity index (χ2n) is 12.5. The normalized spacial score (nSPS) is 14.3. The molecule has 53 heavy (non-hydrogen) atoms. The average molecular weight is 773 g/mol. The van der Waals surface area contributed by atoms with Crippen molar-refractivity contribution in [1.29, 1.82) is 0 Å². The Balaban J connectivity index is 1.60. The summed E-state index contributed by atoms with van der Waals surface area (Å²) in [6, 6.07) is 13.4. The van der Waals surface area contributed by atoms with Crippen LogP contribution in [0, 0.1) is 29.1 Å². The van der Waals surface area contributed by atoms with E-state index in [9.17, 15) is 63.7 Å². The van der Waals surface area contributed by atoms with Crippen LogP contribution in [0.25, 0.3) is 0 Å². The second kappa shape index (κ2) is 15.8. The number of rotatable bonds is 11. The number of sulfonamides is 1. The van der Waals surface area contributed by atoms with Crippen molar-refractivity contribution in [1.82, 2.24) is 4.31 Å². The van der Waals surface area contributed by atoms with Crippen LogP contribution in [0.4, 0.5) is 40.8 Å². The van der Waals surface area contributed by atoms with Gasteiger partial charge >= 0.3 is 6.18 Å². The third-order valence-electron chi connectivity index (χ3n) is 9.05. The first-order valence-corrected chi connectivity index (χ1v) is 17.6. The van der Waals surface area contributed by atoms with E-state index in [2.05, 4.69) is 0 Å². The molecule has 0 aliphatic heterocycles. The quantitative estimate of drug-likeness (QED) is 0.0627. The number of benzene rings is 4. The molecule has 8 nitrogen and oxygen atoms in total.